The van der Waals surface area contributed by atoms with E-state index < -0.39 is 0 Å². The van der Waals surface area contributed by atoms with Gasteiger partial charge in [0.25, 0.3) is 0 Å². The van der Waals surface area contributed by atoms with Gasteiger partial charge >= 0.3 is 0 Å². The van der Waals surface area contributed by atoms with E-state index in [2.05, 4.69) is 0 Å². The Kier molecular flexibility index (Phi) is 3.29. The van der Waals surface area contributed by atoms with Crippen LogP contribution in [-0.2, 0) is 11.2 Å². The van der Waals surface area contributed by atoms with E-state index in [-0.39, 0.29) is 12.2 Å². The van der Waals surface area contributed by atoms with Crippen LogP contribution in [0, 0.1) is 0 Å². The summed E-state index contributed by atoms with van der Waals surface area (Å²) in [4.78, 5) is 32.2. The maximum atomic E-state index is 10.9. The molecule has 0 bridgehead atoms. The Morgan fingerprint density at radius 3 is 2.50 bits per heavy atom. The van der Waals surface area contributed by atoms with Crippen molar-refractivity contribution in [3.05, 3.63) is 34.9 Å². The molecule has 0 radical (unpaired) electrons. The van der Waals surface area contributed by atoms with Crippen molar-refractivity contribution in [1.82, 2.24) is 0 Å². The molecule has 14 heavy (non-hydrogen) atoms. The van der Waals surface area contributed by atoms with E-state index in [0.29, 0.717) is 29.3 Å². The molecule has 3 nitrogen and oxygen atoms in total. The van der Waals surface area contributed by atoms with Gasteiger partial charge < -0.3 is 0 Å². The molecule has 0 aliphatic rings. The molecule has 0 saturated heterocycles. The molecule has 72 valence electrons. The van der Waals surface area contributed by atoms with Crippen LogP contribution in [0.3, 0.4) is 0 Å². The molecule has 0 fully saturated rings. The van der Waals surface area contributed by atoms with Gasteiger partial charge in [0.05, 0.1) is 0 Å². The number of carbonyl (C=O) groups excluding carboxylic acids is 3. The molecule has 0 spiro atoms. The summed E-state index contributed by atoms with van der Waals surface area (Å²) in [6.07, 6.45) is 1.42. The summed E-state index contributed by atoms with van der Waals surface area (Å²) in [6, 6.07) is 4.90. The van der Waals surface area contributed by atoms with Crippen LogP contribution < -0.4 is 0 Å². The van der Waals surface area contributed by atoms with E-state index in [1.807, 2.05) is 0 Å². The molecule has 0 aromatic heterocycles. The topological polar surface area (TPSA) is 51.2 Å². The van der Waals surface area contributed by atoms with E-state index >= 15 is 0 Å². The van der Waals surface area contributed by atoms with Crippen LogP contribution in [0.1, 0.15) is 33.2 Å². The molecular weight excluding hydrogens is 180 g/mol. The zero-order valence-corrected chi connectivity index (χ0v) is 7.82. The molecule has 1 aromatic rings. The predicted molar refractivity (Wildman–Crippen MR) is 51.6 cm³/mol. The first-order chi connectivity index (χ1) is 6.69. The minimum atomic E-state index is -0.0313. The number of Topliss-reactive ketones (excluding diaryl/α,β-unsaturated/α-hetero) is 1. The number of rotatable bonds is 4. The van der Waals surface area contributed by atoms with E-state index in [1.54, 1.807) is 18.2 Å². The number of aldehydes is 2. The minimum absolute atomic E-state index is 0.0313. The first kappa shape index (κ1) is 10.3. The van der Waals surface area contributed by atoms with Crippen molar-refractivity contribution in [1.29, 1.82) is 0 Å². The first-order valence-corrected chi connectivity index (χ1v) is 4.20. The third-order valence-electron chi connectivity index (χ3n) is 1.91. The van der Waals surface area contributed by atoms with Crippen molar-refractivity contribution in [2.24, 2.45) is 0 Å². The van der Waals surface area contributed by atoms with Crippen LogP contribution in [0.15, 0.2) is 18.2 Å². The van der Waals surface area contributed by atoms with Gasteiger partial charge in [-0.2, -0.15) is 0 Å². The fourth-order valence-electron chi connectivity index (χ4n) is 1.30. The lowest BCUT2D eigenvalue weighted by atomic mass is 9.99. The highest BCUT2D eigenvalue weighted by atomic mass is 16.1. The summed E-state index contributed by atoms with van der Waals surface area (Å²) in [5, 5.41) is 0. The second-order valence-electron chi connectivity index (χ2n) is 3.03. The van der Waals surface area contributed by atoms with E-state index in [9.17, 15) is 14.4 Å². The molecule has 3 heteroatoms. The Morgan fingerprint density at radius 1 is 1.29 bits per heavy atom. The van der Waals surface area contributed by atoms with Crippen LogP contribution in [0.4, 0.5) is 0 Å². The van der Waals surface area contributed by atoms with Crippen LogP contribution in [-0.4, -0.2) is 18.4 Å². The smallest absolute Gasteiger partial charge is 0.151 e. The molecule has 0 heterocycles. The van der Waals surface area contributed by atoms with Gasteiger partial charge in [-0.05, 0) is 12.5 Å². The highest BCUT2D eigenvalue weighted by molar-refractivity contribution is 5.93. The Bertz CT molecular complexity index is 380. The third-order valence-corrected chi connectivity index (χ3v) is 1.91. The van der Waals surface area contributed by atoms with Crippen molar-refractivity contribution in [2.45, 2.75) is 13.3 Å². The summed E-state index contributed by atoms with van der Waals surface area (Å²) in [5.41, 5.74) is 1.26. The predicted octanol–water partition coefficient (Wildman–Crippen LogP) is 1.44. The maximum absolute atomic E-state index is 10.9. The molecule has 0 atom stereocenters. The fraction of sp³-hybridized carbons (Fsp3) is 0.182. The Labute approximate surface area is 81.7 Å². The van der Waals surface area contributed by atoms with Gasteiger partial charge in [-0.25, -0.2) is 0 Å². The van der Waals surface area contributed by atoms with Gasteiger partial charge in [-0.1, -0.05) is 18.2 Å². The SMILES string of the molecule is CC(=O)Cc1cccc(C=O)c1C=O. The molecule has 0 amide bonds. The van der Waals surface area contributed by atoms with E-state index in [4.69, 9.17) is 0 Å². The van der Waals surface area contributed by atoms with E-state index in [0.717, 1.165) is 0 Å². The number of carbonyl (C=O) groups is 3. The normalized spacial score (nSPS) is 9.50. The zero-order chi connectivity index (χ0) is 10.6. The Morgan fingerprint density at radius 2 is 2.00 bits per heavy atom. The second kappa shape index (κ2) is 4.46. The third kappa shape index (κ3) is 2.13. The van der Waals surface area contributed by atoms with Gasteiger partial charge in [0.15, 0.2) is 12.6 Å². The Balaban J connectivity index is 3.21. The monoisotopic (exact) mass is 190 g/mol. The van der Waals surface area contributed by atoms with E-state index in [1.165, 1.54) is 6.92 Å². The standard InChI is InChI=1S/C11H10O3/c1-8(14)5-9-3-2-4-10(6-12)11(9)7-13/h2-4,6-7H,5H2,1H3. The van der Waals surface area contributed by atoms with Gasteiger partial charge in [-0.3, -0.25) is 14.4 Å². The summed E-state index contributed by atoms with van der Waals surface area (Å²) in [7, 11) is 0. The van der Waals surface area contributed by atoms with Crippen LogP contribution in [0.2, 0.25) is 0 Å². The van der Waals surface area contributed by atoms with Gasteiger partial charge in [-0.15, -0.1) is 0 Å². The first-order valence-electron chi connectivity index (χ1n) is 4.20. The molecule has 0 N–H and O–H groups in total. The highest BCUT2D eigenvalue weighted by Gasteiger charge is 2.08. The molecule has 0 saturated carbocycles. The highest BCUT2D eigenvalue weighted by Crippen LogP contribution is 2.12. The van der Waals surface area contributed by atoms with Crippen molar-refractivity contribution in [3.8, 4) is 0 Å². The van der Waals surface area contributed by atoms with Gasteiger partial charge in [0.2, 0.25) is 0 Å². The Hall–Kier alpha value is -1.77. The molecular formula is C11H10O3. The summed E-state index contributed by atoms with van der Waals surface area (Å²) < 4.78 is 0. The quantitative estimate of drug-likeness (QED) is 0.675. The molecule has 1 aromatic carbocycles. The lowest BCUT2D eigenvalue weighted by Gasteiger charge is -2.03. The molecule has 0 aliphatic carbocycles. The van der Waals surface area contributed by atoms with Crippen LogP contribution >= 0.6 is 0 Å². The summed E-state index contributed by atoms with van der Waals surface area (Å²) >= 11 is 0. The number of benzene rings is 1. The van der Waals surface area contributed by atoms with Gasteiger partial charge in [0.1, 0.15) is 5.78 Å². The van der Waals surface area contributed by atoms with Crippen molar-refractivity contribution in [3.63, 3.8) is 0 Å². The van der Waals surface area contributed by atoms with Crippen molar-refractivity contribution >= 4 is 18.4 Å². The lowest BCUT2D eigenvalue weighted by molar-refractivity contribution is -0.116. The zero-order valence-electron chi connectivity index (χ0n) is 7.82. The fourth-order valence-corrected chi connectivity index (χ4v) is 1.30. The van der Waals surface area contributed by atoms with Gasteiger partial charge in [0, 0.05) is 17.5 Å². The largest absolute Gasteiger partial charge is 0.300 e. The van der Waals surface area contributed by atoms with Crippen LogP contribution in [0.25, 0.3) is 0 Å². The average molecular weight is 190 g/mol. The van der Waals surface area contributed by atoms with Crippen LogP contribution in [0.5, 0.6) is 0 Å². The maximum Gasteiger partial charge on any atom is 0.151 e. The molecule has 0 unspecified atom stereocenters. The summed E-state index contributed by atoms with van der Waals surface area (Å²) in [6.45, 7) is 1.45. The number of hydrogen-bond acceptors (Lipinski definition) is 3. The second-order valence-corrected chi connectivity index (χ2v) is 3.03. The molecule has 1 rings (SSSR count). The lowest BCUT2D eigenvalue weighted by Crippen LogP contribution is -2.03. The minimum Gasteiger partial charge on any atom is -0.300 e. The number of hydrogen-bond donors (Lipinski definition) is 0. The number of ketones is 1. The van der Waals surface area contributed by atoms with Crippen molar-refractivity contribution in [2.75, 3.05) is 0 Å². The van der Waals surface area contributed by atoms with Crippen molar-refractivity contribution < 1.29 is 14.4 Å². The summed E-state index contributed by atoms with van der Waals surface area (Å²) in [5.74, 6) is -0.0313. The average Bonchev–Trinajstić information content (AvgIpc) is 2.16. The molecule has 0 aliphatic heterocycles.